The molecule has 108 valence electrons. The van der Waals surface area contributed by atoms with Gasteiger partial charge in [0.05, 0.1) is 6.54 Å². The van der Waals surface area contributed by atoms with Crippen LogP contribution < -0.4 is 0 Å². The minimum absolute atomic E-state index is 0.150. The number of aliphatic carboxylic acids is 1. The number of benzene rings is 2. The zero-order valence-corrected chi connectivity index (χ0v) is 11.5. The molecule has 0 amide bonds. The number of nitrogens with zero attached hydrogens (tertiary/aromatic N) is 1. The maximum absolute atomic E-state index is 11.3. The molecule has 2 aromatic rings. The van der Waals surface area contributed by atoms with Crippen LogP contribution in [0.2, 0.25) is 0 Å². The van der Waals surface area contributed by atoms with Gasteiger partial charge in [-0.1, -0.05) is 72.8 Å². The fourth-order valence-electron chi connectivity index (χ4n) is 1.94. The summed E-state index contributed by atoms with van der Waals surface area (Å²) in [5.41, 5.74) is 1.73. The Bertz CT molecular complexity index is 596. The third kappa shape index (κ3) is 4.56. The van der Waals surface area contributed by atoms with Crippen molar-refractivity contribution in [3.05, 3.63) is 77.9 Å². The lowest BCUT2D eigenvalue weighted by Crippen LogP contribution is -2.36. The molecule has 0 bridgehead atoms. The van der Waals surface area contributed by atoms with E-state index in [1.165, 1.54) is 6.08 Å². The van der Waals surface area contributed by atoms with E-state index in [1.807, 2.05) is 60.7 Å². The molecule has 2 N–H and O–H groups in total. The molecule has 2 aromatic carbocycles. The third-order valence-electron chi connectivity index (χ3n) is 3.03. The average molecular weight is 283 g/mol. The second kappa shape index (κ2) is 7.38. The SMILES string of the molecule is O=C(O)C(/C=C/c1ccccc1)N(O)Cc1ccccc1. The molecule has 0 aliphatic carbocycles. The molecule has 0 fully saturated rings. The lowest BCUT2D eigenvalue weighted by molar-refractivity contribution is -0.165. The summed E-state index contributed by atoms with van der Waals surface area (Å²) in [6, 6.07) is 17.5. The number of hydroxylamine groups is 2. The van der Waals surface area contributed by atoms with Crippen LogP contribution in [0, 0.1) is 0 Å². The van der Waals surface area contributed by atoms with Crippen LogP contribution in [0.15, 0.2) is 66.7 Å². The van der Waals surface area contributed by atoms with E-state index in [9.17, 15) is 15.1 Å². The molecule has 4 nitrogen and oxygen atoms in total. The number of hydrogen-bond donors (Lipinski definition) is 2. The summed E-state index contributed by atoms with van der Waals surface area (Å²) in [5.74, 6) is -1.10. The van der Waals surface area contributed by atoms with Gasteiger partial charge >= 0.3 is 5.97 Å². The van der Waals surface area contributed by atoms with E-state index in [4.69, 9.17) is 0 Å². The van der Waals surface area contributed by atoms with Crippen molar-refractivity contribution in [2.45, 2.75) is 12.6 Å². The first-order valence-electron chi connectivity index (χ1n) is 6.62. The highest BCUT2D eigenvalue weighted by Gasteiger charge is 2.21. The lowest BCUT2D eigenvalue weighted by Gasteiger charge is -2.19. The molecule has 4 heteroatoms. The Hall–Kier alpha value is -2.43. The number of hydrogen-bond acceptors (Lipinski definition) is 3. The molecular formula is C17H17NO3. The van der Waals surface area contributed by atoms with Gasteiger partial charge < -0.3 is 10.3 Å². The number of carbonyl (C=O) groups is 1. The van der Waals surface area contributed by atoms with Crippen LogP contribution in [-0.4, -0.2) is 27.4 Å². The number of carboxylic acids is 1. The average Bonchev–Trinajstić information content (AvgIpc) is 2.49. The first-order chi connectivity index (χ1) is 10.2. The van der Waals surface area contributed by atoms with Crippen molar-refractivity contribution in [3.8, 4) is 0 Å². The largest absolute Gasteiger partial charge is 0.480 e. The van der Waals surface area contributed by atoms with Gasteiger partial charge in [-0.3, -0.25) is 4.79 Å². The molecule has 0 aliphatic heterocycles. The van der Waals surface area contributed by atoms with Gasteiger partial charge in [0, 0.05) is 0 Å². The molecule has 0 radical (unpaired) electrons. The summed E-state index contributed by atoms with van der Waals surface area (Å²) < 4.78 is 0. The Labute approximate surface area is 123 Å². The molecule has 0 spiro atoms. The monoisotopic (exact) mass is 283 g/mol. The number of rotatable bonds is 6. The first-order valence-corrected chi connectivity index (χ1v) is 6.62. The number of carboxylic acid groups (broad SMARTS) is 1. The van der Waals surface area contributed by atoms with Crippen molar-refractivity contribution >= 4 is 12.0 Å². The fourth-order valence-corrected chi connectivity index (χ4v) is 1.94. The molecule has 2 rings (SSSR count). The van der Waals surface area contributed by atoms with Gasteiger partial charge in [-0.05, 0) is 11.1 Å². The van der Waals surface area contributed by atoms with Crippen LogP contribution >= 0.6 is 0 Å². The van der Waals surface area contributed by atoms with Crippen molar-refractivity contribution in [1.29, 1.82) is 0 Å². The summed E-state index contributed by atoms with van der Waals surface area (Å²) in [4.78, 5) is 11.3. The quantitative estimate of drug-likeness (QED) is 0.800. The predicted molar refractivity (Wildman–Crippen MR) is 80.7 cm³/mol. The standard InChI is InChI=1S/C17H17NO3/c19-17(20)16(12-11-14-7-3-1-4-8-14)18(21)13-15-9-5-2-6-10-15/h1-12,16,21H,13H2,(H,19,20)/b12-11+. The van der Waals surface area contributed by atoms with Gasteiger partial charge in [-0.25, -0.2) is 0 Å². The zero-order valence-electron chi connectivity index (χ0n) is 11.5. The van der Waals surface area contributed by atoms with E-state index in [2.05, 4.69) is 0 Å². The van der Waals surface area contributed by atoms with E-state index in [1.54, 1.807) is 6.08 Å². The Kier molecular flexibility index (Phi) is 5.26. The van der Waals surface area contributed by atoms with E-state index in [0.717, 1.165) is 16.2 Å². The van der Waals surface area contributed by atoms with Crippen LogP contribution in [0.1, 0.15) is 11.1 Å². The Morgan fingerprint density at radius 2 is 1.62 bits per heavy atom. The van der Waals surface area contributed by atoms with Gasteiger partial charge in [-0.15, -0.1) is 0 Å². The van der Waals surface area contributed by atoms with Crippen molar-refractivity contribution in [2.24, 2.45) is 0 Å². The Balaban J connectivity index is 2.08. The minimum Gasteiger partial charge on any atom is -0.480 e. The molecule has 1 atom stereocenters. The minimum atomic E-state index is -1.10. The molecule has 0 aromatic heterocycles. The van der Waals surface area contributed by atoms with Crippen LogP contribution in [0.3, 0.4) is 0 Å². The molecule has 0 aliphatic rings. The second-order valence-electron chi connectivity index (χ2n) is 4.64. The van der Waals surface area contributed by atoms with Gasteiger partial charge in [-0.2, -0.15) is 5.06 Å². The smallest absolute Gasteiger partial charge is 0.327 e. The van der Waals surface area contributed by atoms with Crippen LogP contribution in [0.25, 0.3) is 6.08 Å². The topological polar surface area (TPSA) is 60.8 Å². The van der Waals surface area contributed by atoms with Gasteiger partial charge in [0.1, 0.15) is 0 Å². The fraction of sp³-hybridized carbons (Fsp3) is 0.118. The maximum atomic E-state index is 11.3. The summed E-state index contributed by atoms with van der Waals surface area (Å²) in [6.45, 7) is 0.150. The second-order valence-corrected chi connectivity index (χ2v) is 4.64. The molecule has 21 heavy (non-hydrogen) atoms. The van der Waals surface area contributed by atoms with Crippen LogP contribution in [-0.2, 0) is 11.3 Å². The normalized spacial score (nSPS) is 12.7. The van der Waals surface area contributed by atoms with E-state index < -0.39 is 12.0 Å². The van der Waals surface area contributed by atoms with E-state index in [0.29, 0.717) is 0 Å². The van der Waals surface area contributed by atoms with Crippen molar-refractivity contribution < 1.29 is 15.1 Å². The van der Waals surface area contributed by atoms with Gasteiger partial charge in [0.2, 0.25) is 0 Å². The van der Waals surface area contributed by atoms with Crippen molar-refractivity contribution in [2.75, 3.05) is 0 Å². The molecular weight excluding hydrogens is 266 g/mol. The summed E-state index contributed by atoms with van der Waals surface area (Å²) >= 11 is 0. The van der Waals surface area contributed by atoms with E-state index >= 15 is 0 Å². The zero-order chi connectivity index (χ0) is 15.1. The summed E-state index contributed by atoms with van der Waals surface area (Å²) in [5, 5.41) is 20.1. The van der Waals surface area contributed by atoms with Crippen molar-refractivity contribution in [1.82, 2.24) is 5.06 Å². The molecule has 0 heterocycles. The van der Waals surface area contributed by atoms with Crippen LogP contribution in [0.5, 0.6) is 0 Å². The molecule has 1 unspecified atom stereocenters. The maximum Gasteiger partial charge on any atom is 0.327 e. The lowest BCUT2D eigenvalue weighted by atomic mass is 10.1. The first kappa shape index (κ1) is 15.0. The predicted octanol–water partition coefficient (Wildman–Crippen LogP) is 3.04. The van der Waals surface area contributed by atoms with E-state index in [-0.39, 0.29) is 6.54 Å². The van der Waals surface area contributed by atoms with Gasteiger partial charge in [0.15, 0.2) is 6.04 Å². The van der Waals surface area contributed by atoms with Crippen molar-refractivity contribution in [3.63, 3.8) is 0 Å². The Morgan fingerprint density at radius 1 is 1.05 bits per heavy atom. The third-order valence-corrected chi connectivity index (χ3v) is 3.03. The molecule has 0 saturated carbocycles. The highest BCUT2D eigenvalue weighted by Crippen LogP contribution is 2.09. The highest BCUT2D eigenvalue weighted by atomic mass is 16.5. The molecule has 0 saturated heterocycles. The van der Waals surface area contributed by atoms with Gasteiger partial charge in [0.25, 0.3) is 0 Å². The van der Waals surface area contributed by atoms with Crippen LogP contribution in [0.4, 0.5) is 0 Å². The summed E-state index contributed by atoms with van der Waals surface area (Å²) in [7, 11) is 0. The summed E-state index contributed by atoms with van der Waals surface area (Å²) in [6.07, 6.45) is 3.16. The Morgan fingerprint density at radius 3 is 2.19 bits per heavy atom. The highest BCUT2D eigenvalue weighted by molar-refractivity contribution is 5.77.